The molecular weight excluding hydrogens is 266 g/mol. The highest BCUT2D eigenvalue weighted by atomic mass is 32.2. The molecule has 2 unspecified atom stereocenters. The van der Waals surface area contributed by atoms with Crippen molar-refractivity contribution in [1.29, 1.82) is 0 Å². The molecule has 0 heterocycles. The molecule has 0 aromatic heterocycles. The first-order valence-corrected chi connectivity index (χ1v) is 7.83. The molecule has 0 aliphatic carbocycles. The van der Waals surface area contributed by atoms with E-state index in [4.69, 9.17) is 9.84 Å². The molecule has 0 spiro atoms. The van der Waals surface area contributed by atoms with E-state index in [1.165, 1.54) is 6.92 Å². The molecule has 0 saturated heterocycles. The van der Waals surface area contributed by atoms with Crippen molar-refractivity contribution >= 4 is 15.7 Å². The highest BCUT2D eigenvalue weighted by molar-refractivity contribution is 7.93. The van der Waals surface area contributed by atoms with Gasteiger partial charge in [-0.3, -0.25) is 4.72 Å². The van der Waals surface area contributed by atoms with Gasteiger partial charge in [-0.25, -0.2) is 8.42 Å². The van der Waals surface area contributed by atoms with Gasteiger partial charge in [0.05, 0.1) is 18.4 Å². The molecule has 0 radical (unpaired) electrons. The standard InChI is InChI=1S/C13H21NO4S/c1-4-10(2)18-13-7-5-6-12(8-13)14-19(16,17)11(3)9-15/h5-8,10-11,14-15H,4,9H2,1-3H3. The van der Waals surface area contributed by atoms with Crippen LogP contribution in [0.15, 0.2) is 24.3 Å². The fraction of sp³-hybridized carbons (Fsp3) is 0.538. The number of sulfonamides is 1. The molecule has 1 aromatic carbocycles. The maximum atomic E-state index is 11.8. The van der Waals surface area contributed by atoms with Crippen molar-refractivity contribution in [2.24, 2.45) is 0 Å². The third-order valence-corrected chi connectivity index (χ3v) is 4.52. The summed E-state index contributed by atoms with van der Waals surface area (Å²) in [5.74, 6) is 0.617. The Morgan fingerprint density at radius 3 is 2.63 bits per heavy atom. The second kappa shape index (κ2) is 6.77. The summed E-state index contributed by atoms with van der Waals surface area (Å²) in [6.07, 6.45) is 0.945. The molecule has 0 bridgehead atoms. The van der Waals surface area contributed by atoms with Crippen molar-refractivity contribution in [3.8, 4) is 5.75 Å². The number of hydrogen-bond acceptors (Lipinski definition) is 4. The lowest BCUT2D eigenvalue weighted by atomic mass is 10.3. The van der Waals surface area contributed by atoms with E-state index in [9.17, 15) is 8.42 Å². The molecule has 0 saturated carbocycles. The molecule has 2 atom stereocenters. The van der Waals surface area contributed by atoms with E-state index in [1.807, 2.05) is 13.8 Å². The number of ether oxygens (including phenoxy) is 1. The summed E-state index contributed by atoms with van der Waals surface area (Å²) in [5, 5.41) is 8.06. The summed E-state index contributed by atoms with van der Waals surface area (Å²) < 4.78 is 31.7. The van der Waals surface area contributed by atoms with Crippen LogP contribution in [0.25, 0.3) is 0 Å². The quantitative estimate of drug-likeness (QED) is 0.804. The third-order valence-electron chi connectivity index (χ3n) is 2.79. The second-order valence-corrected chi connectivity index (χ2v) is 6.60. The van der Waals surface area contributed by atoms with Crippen LogP contribution >= 0.6 is 0 Å². The van der Waals surface area contributed by atoms with Gasteiger partial charge in [-0.2, -0.15) is 0 Å². The summed E-state index contributed by atoms with van der Waals surface area (Å²) in [5.41, 5.74) is 0.432. The second-order valence-electron chi connectivity index (χ2n) is 4.50. The summed E-state index contributed by atoms with van der Waals surface area (Å²) in [4.78, 5) is 0. The zero-order valence-electron chi connectivity index (χ0n) is 11.5. The number of aliphatic hydroxyl groups excluding tert-OH is 1. The lowest BCUT2D eigenvalue weighted by molar-refractivity contribution is 0.217. The Labute approximate surface area is 114 Å². The predicted octanol–water partition coefficient (Wildman–Crippen LogP) is 1.99. The van der Waals surface area contributed by atoms with Crippen LogP contribution in [0.1, 0.15) is 27.2 Å². The van der Waals surface area contributed by atoms with Gasteiger partial charge in [0, 0.05) is 6.07 Å². The number of anilines is 1. The van der Waals surface area contributed by atoms with Crippen LogP contribution in [0.5, 0.6) is 5.75 Å². The smallest absolute Gasteiger partial charge is 0.237 e. The van der Waals surface area contributed by atoms with Gasteiger partial charge in [-0.05, 0) is 32.4 Å². The number of benzene rings is 1. The molecule has 0 aliphatic heterocycles. The highest BCUT2D eigenvalue weighted by Gasteiger charge is 2.19. The first-order valence-electron chi connectivity index (χ1n) is 6.28. The summed E-state index contributed by atoms with van der Waals surface area (Å²) >= 11 is 0. The lowest BCUT2D eigenvalue weighted by Crippen LogP contribution is -2.28. The third kappa shape index (κ3) is 4.72. The molecule has 19 heavy (non-hydrogen) atoms. The molecule has 2 N–H and O–H groups in total. The number of nitrogens with one attached hydrogen (secondary N) is 1. The molecule has 5 nitrogen and oxygen atoms in total. The van der Waals surface area contributed by atoms with E-state index >= 15 is 0 Å². The van der Waals surface area contributed by atoms with Gasteiger partial charge < -0.3 is 9.84 Å². The molecule has 0 fully saturated rings. The van der Waals surface area contributed by atoms with Gasteiger partial charge in [0.2, 0.25) is 10.0 Å². The van der Waals surface area contributed by atoms with Crippen LogP contribution in [-0.4, -0.2) is 31.5 Å². The van der Waals surface area contributed by atoms with Crippen molar-refractivity contribution in [2.75, 3.05) is 11.3 Å². The normalized spacial score (nSPS) is 14.7. The molecular formula is C13H21NO4S. The fourth-order valence-corrected chi connectivity index (χ4v) is 2.16. The Kier molecular flexibility index (Phi) is 5.62. The Morgan fingerprint density at radius 1 is 1.37 bits per heavy atom. The maximum absolute atomic E-state index is 11.8. The largest absolute Gasteiger partial charge is 0.491 e. The molecule has 1 aromatic rings. The van der Waals surface area contributed by atoms with Crippen molar-refractivity contribution in [3.05, 3.63) is 24.3 Å². The number of aliphatic hydroxyl groups is 1. The predicted molar refractivity (Wildman–Crippen MR) is 75.9 cm³/mol. The zero-order valence-corrected chi connectivity index (χ0v) is 12.3. The van der Waals surface area contributed by atoms with Gasteiger partial charge in [-0.15, -0.1) is 0 Å². The zero-order chi connectivity index (χ0) is 14.5. The van der Waals surface area contributed by atoms with Crippen LogP contribution in [0.4, 0.5) is 5.69 Å². The first kappa shape index (κ1) is 15.8. The summed E-state index contributed by atoms with van der Waals surface area (Å²) in [6.45, 7) is 4.99. The number of hydrogen-bond donors (Lipinski definition) is 2. The van der Waals surface area contributed by atoms with E-state index in [0.717, 1.165) is 6.42 Å². The van der Waals surface area contributed by atoms with E-state index in [2.05, 4.69) is 4.72 Å². The average Bonchev–Trinajstić information content (AvgIpc) is 2.37. The van der Waals surface area contributed by atoms with Crippen molar-refractivity contribution < 1.29 is 18.3 Å². The molecule has 6 heteroatoms. The Bertz CT molecular complexity index is 501. The Hall–Kier alpha value is -1.27. The van der Waals surface area contributed by atoms with Crippen LogP contribution in [-0.2, 0) is 10.0 Å². The summed E-state index contributed by atoms with van der Waals surface area (Å²) in [6, 6.07) is 6.78. The topological polar surface area (TPSA) is 75.6 Å². The van der Waals surface area contributed by atoms with Gasteiger partial charge >= 0.3 is 0 Å². The van der Waals surface area contributed by atoms with E-state index in [1.54, 1.807) is 24.3 Å². The van der Waals surface area contributed by atoms with Crippen molar-refractivity contribution in [3.63, 3.8) is 0 Å². The SMILES string of the molecule is CCC(C)Oc1cccc(NS(=O)(=O)C(C)CO)c1. The van der Waals surface area contributed by atoms with Gasteiger partial charge in [0.25, 0.3) is 0 Å². The Morgan fingerprint density at radius 2 is 2.05 bits per heavy atom. The molecule has 0 amide bonds. The summed E-state index contributed by atoms with van der Waals surface area (Å²) in [7, 11) is -3.57. The van der Waals surface area contributed by atoms with Crippen molar-refractivity contribution in [2.45, 2.75) is 38.5 Å². The van der Waals surface area contributed by atoms with Gasteiger partial charge in [-0.1, -0.05) is 13.0 Å². The first-order chi connectivity index (χ1) is 8.89. The van der Waals surface area contributed by atoms with E-state index in [-0.39, 0.29) is 6.10 Å². The number of rotatable bonds is 7. The maximum Gasteiger partial charge on any atom is 0.237 e. The van der Waals surface area contributed by atoms with Crippen molar-refractivity contribution in [1.82, 2.24) is 0 Å². The lowest BCUT2D eigenvalue weighted by Gasteiger charge is -2.15. The molecule has 0 aliphatic rings. The van der Waals surface area contributed by atoms with Gasteiger partial charge in [0.1, 0.15) is 11.0 Å². The van der Waals surface area contributed by atoms with Crippen LogP contribution in [0.2, 0.25) is 0 Å². The minimum atomic E-state index is -3.57. The molecule has 1 rings (SSSR count). The average molecular weight is 287 g/mol. The molecule has 108 valence electrons. The van der Waals surface area contributed by atoms with Crippen LogP contribution < -0.4 is 9.46 Å². The van der Waals surface area contributed by atoms with E-state index < -0.39 is 21.9 Å². The Balaban J connectivity index is 2.83. The van der Waals surface area contributed by atoms with Crippen LogP contribution in [0, 0.1) is 0 Å². The van der Waals surface area contributed by atoms with E-state index in [0.29, 0.717) is 11.4 Å². The minimum absolute atomic E-state index is 0.0724. The monoisotopic (exact) mass is 287 g/mol. The minimum Gasteiger partial charge on any atom is -0.491 e. The fourth-order valence-electron chi connectivity index (χ4n) is 1.31. The highest BCUT2D eigenvalue weighted by Crippen LogP contribution is 2.20. The van der Waals surface area contributed by atoms with Gasteiger partial charge in [0.15, 0.2) is 0 Å². The van der Waals surface area contributed by atoms with Crippen LogP contribution in [0.3, 0.4) is 0 Å².